The lowest BCUT2D eigenvalue weighted by Gasteiger charge is -2.06. The zero-order valence-electron chi connectivity index (χ0n) is 10.8. The molecular formula is C16H15N3. The highest BCUT2D eigenvalue weighted by molar-refractivity contribution is 5.90. The van der Waals surface area contributed by atoms with E-state index in [1.807, 2.05) is 12.3 Å². The second kappa shape index (κ2) is 4.69. The molecule has 3 heteroatoms. The first-order valence-corrected chi connectivity index (χ1v) is 6.27. The topological polar surface area (TPSA) is 51.8 Å². The zero-order valence-corrected chi connectivity index (χ0v) is 10.8. The van der Waals surface area contributed by atoms with Gasteiger partial charge in [-0.25, -0.2) is 4.98 Å². The van der Waals surface area contributed by atoms with Crippen molar-refractivity contribution < 1.29 is 0 Å². The lowest BCUT2D eigenvalue weighted by atomic mass is 10.1. The molecule has 94 valence electrons. The summed E-state index contributed by atoms with van der Waals surface area (Å²) in [5.74, 6) is 0.572. The van der Waals surface area contributed by atoms with Gasteiger partial charge in [0.25, 0.3) is 0 Å². The molecule has 2 heterocycles. The van der Waals surface area contributed by atoms with E-state index in [-0.39, 0.29) is 0 Å². The Balaban J connectivity index is 2.02. The predicted octanol–water partition coefficient (Wildman–Crippen LogP) is 3.11. The Morgan fingerprint density at radius 3 is 2.89 bits per heavy atom. The van der Waals surface area contributed by atoms with E-state index in [0.29, 0.717) is 5.82 Å². The minimum atomic E-state index is 0.572. The van der Waals surface area contributed by atoms with Gasteiger partial charge in [0.15, 0.2) is 0 Å². The van der Waals surface area contributed by atoms with Gasteiger partial charge in [0, 0.05) is 35.3 Å². The monoisotopic (exact) mass is 249 g/mol. The summed E-state index contributed by atoms with van der Waals surface area (Å²) in [5.41, 5.74) is 9.48. The second-order valence-electron chi connectivity index (χ2n) is 4.76. The molecule has 1 aromatic carbocycles. The summed E-state index contributed by atoms with van der Waals surface area (Å²) in [6, 6.07) is 12.4. The van der Waals surface area contributed by atoms with E-state index in [4.69, 9.17) is 5.73 Å². The van der Waals surface area contributed by atoms with Crippen molar-refractivity contribution in [3.8, 4) is 0 Å². The molecule has 0 saturated heterocycles. The molecule has 0 spiro atoms. The second-order valence-corrected chi connectivity index (χ2v) is 4.76. The van der Waals surface area contributed by atoms with Crippen LogP contribution in [-0.4, -0.2) is 9.97 Å². The van der Waals surface area contributed by atoms with E-state index in [9.17, 15) is 0 Å². The van der Waals surface area contributed by atoms with Crippen LogP contribution in [0.1, 0.15) is 16.8 Å². The van der Waals surface area contributed by atoms with Gasteiger partial charge in [0.05, 0.1) is 0 Å². The van der Waals surface area contributed by atoms with E-state index in [2.05, 4.69) is 47.2 Å². The van der Waals surface area contributed by atoms with Gasteiger partial charge < -0.3 is 5.73 Å². The van der Waals surface area contributed by atoms with Crippen molar-refractivity contribution in [3.63, 3.8) is 0 Å². The molecule has 0 aliphatic heterocycles. The number of aromatic nitrogens is 2. The van der Waals surface area contributed by atoms with E-state index >= 15 is 0 Å². The van der Waals surface area contributed by atoms with E-state index in [0.717, 1.165) is 22.9 Å². The van der Waals surface area contributed by atoms with Crippen LogP contribution in [-0.2, 0) is 6.42 Å². The fraction of sp³-hybridized carbons (Fsp3) is 0.125. The highest BCUT2D eigenvalue weighted by Gasteiger charge is 2.04. The number of benzene rings is 1. The molecule has 0 radical (unpaired) electrons. The van der Waals surface area contributed by atoms with Crippen LogP contribution in [0.15, 0.2) is 48.8 Å². The van der Waals surface area contributed by atoms with Gasteiger partial charge in [-0.1, -0.05) is 29.8 Å². The molecule has 3 aromatic rings. The number of nitrogens with zero attached hydrogens (tertiary/aromatic N) is 2. The molecule has 0 saturated carbocycles. The maximum absolute atomic E-state index is 6.00. The lowest BCUT2D eigenvalue weighted by molar-refractivity contribution is 1.09. The van der Waals surface area contributed by atoms with Gasteiger partial charge in [-0.15, -0.1) is 0 Å². The van der Waals surface area contributed by atoms with Gasteiger partial charge >= 0.3 is 0 Å². The lowest BCUT2D eigenvalue weighted by Crippen LogP contribution is -1.98. The number of pyridine rings is 2. The number of anilines is 1. The molecule has 2 N–H and O–H groups in total. The van der Waals surface area contributed by atoms with Crippen molar-refractivity contribution in [1.82, 2.24) is 9.97 Å². The first-order valence-electron chi connectivity index (χ1n) is 6.27. The van der Waals surface area contributed by atoms with Gasteiger partial charge in [-0.2, -0.15) is 0 Å². The number of hydrogen-bond acceptors (Lipinski definition) is 3. The molecule has 0 atom stereocenters. The summed E-state index contributed by atoms with van der Waals surface area (Å²) in [6.45, 7) is 2.09. The minimum Gasteiger partial charge on any atom is -0.383 e. The van der Waals surface area contributed by atoms with Crippen LogP contribution in [0.25, 0.3) is 10.8 Å². The maximum atomic E-state index is 6.00. The van der Waals surface area contributed by atoms with E-state index in [1.165, 1.54) is 11.1 Å². The number of hydrogen-bond donors (Lipinski definition) is 1. The number of nitrogen functional groups attached to an aromatic ring is 1. The van der Waals surface area contributed by atoms with Gasteiger partial charge in [-0.05, 0) is 24.6 Å². The summed E-state index contributed by atoms with van der Waals surface area (Å²) >= 11 is 0. The molecule has 0 unspecified atom stereocenters. The van der Waals surface area contributed by atoms with Gasteiger partial charge in [0.2, 0.25) is 0 Å². The Kier molecular flexibility index (Phi) is 2.88. The molecule has 0 aliphatic rings. The Bertz CT molecular complexity index is 735. The Morgan fingerprint density at radius 2 is 2.05 bits per heavy atom. The van der Waals surface area contributed by atoms with Crippen LogP contribution in [0.5, 0.6) is 0 Å². The standard InChI is InChI=1S/C16H15N3/c1-11-3-2-4-12(7-11)8-14-9-13-10-18-6-5-15(13)16(17)19-14/h2-7,9-10H,8H2,1H3,(H2,17,19). The van der Waals surface area contributed by atoms with Gasteiger partial charge in [0.1, 0.15) is 5.82 Å². The average Bonchev–Trinajstić information content (AvgIpc) is 2.39. The molecule has 0 fully saturated rings. The maximum Gasteiger partial charge on any atom is 0.131 e. The molecule has 19 heavy (non-hydrogen) atoms. The largest absolute Gasteiger partial charge is 0.383 e. The normalized spacial score (nSPS) is 10.8. The highest BCUT2D eigenvalue weighted by atomic mass is 14.8. The van der Waals surface area contributed by atoms with Crippen molar-refractivity contribution in [3.05, 3.63) is 65.6 Å². The number of fused-ring (bicyclic) bond motifs is 1. The van der Waals surface area contributed by atoms with Crippen molar-refractivity contribution in [2.75, 3.05) is 5.73 Å². The Morgan fingerprint density at radius 1 is 1.16 bits per heavy atom. The molecule has 0 bridgehead atoms. The SMILES string of the molecule is Cc1cccc(Cc2cc3cnccc3c(N)n2)c1. The van der Waals surface area contributed by atoms with E-state index < -0.39 is 0 Å². The van der Waals surface area contributed by atoms with Crippen molar-refractivity contribution >= 4 is 16.6 Å². The quantitative estimate of drug-likeness (QED) is 0.759. The average molecular weight is 249 g/mol. The van der Waals surface area contributed by atoms with Crippen molar-refractivity contribution in [2.45, 2.75) is 13.3 Å². The molecule has 3 nitrogen and oxygen atoms in total. The fourth-order valence-corrected chi connectivity index (χ4v) is 2.30. The smallest absolute Gasteiger partial charge is 0.131 e. The highest BCUT2D eigenvalue weighted by Crippen LogP contribution is 2.20. The first-order chi connectivity index (χ1) is 9.22. The Hall–Kier alpha value is -2.42. The van der Waals surface area contributed by atoms with E-state index in [1.54, 1.807) is 6.20 Å². The van der Waals surface area contributed by atoms with Crippen LogP contribution in [0, 0.1) is 6.92 Å². The predicted molar refractivity (Wildman–Crippen MR) is 77.9 cm³/mol. The van der Waals surface area contributed by atoms with Crippen LogP contribution >= 0.6 is 0 Å². The summed E-state index contributed by atoms with van der Waals surface area (Å²) in [5, 5.41) is 2.00. The summed E-state index contributed by atoms with van der Waals surface area (Å²) in [4.78, 5) is 8.61. The molecule has 2 aromatic heterocycles. The third-order valence-corrected chi connectivity index (χ3v) is 3.18. The molecule has 0 amide bonds. The molecular weight excluding hydrogens is 234 g/mol. The summed E-state index contributed by atoms with van der Waals surface area (Å²) in [7, 11) is 0. The summed E-state index contributed by atoms with van der Waals surface area (Å²) in [6.07, 6.45) is 4.35. The van der Waals surface area contributed by atoms with Crippen LogP contribution < -0.4 is 5.73 Å². The molecule has 0 aliphatic carbocycles. The Labute approximate surface area is 112 Å². The van der Waals surface area contributed by atoms with Crippen LogP contribution in [0.2, 0.25) is 0 Å². The number of rotatable bonds is 2. The summed E-state index contributed by atoms with van der Waals surface area (Å²) < 4.78 is 0. The zero-order chi connectivity index (χ0) is 13.2. The molecule has 3 rings (SSSR count). The first kappa shape index (κ1) is 11.7. The number of nitrogens with two attached hydrogens (primary N) is 1. The van der Waals surface area contributed by atoms with Crippen LogP contribution in [0.3, 0.4) is 0 Å². The van der Waals surface area contributed by atoms with Crippen molar-refractivity contribution in [1.29, 1.82) is 0 Å². The fourth-order valence-electron chi connectivity index (χ4n) is 2.30. The van der Waals surface area contributed by atoms with Crippen molar-refractivity contribution in [2.24, 2.45) is 0 Å². The van der Waals surface area contributed by atoms with Gasteiger partial charge in [-0.3, -0.25) is 4.98 Å². The number of aryl methyl sites for hydroxylation is 1. The third kappa shape index (κ3) is 2.40. The van der Waals surface area contributed by atoms with Crippen LogP contribution in [0.4, 0.5) is 5.82 Å². The third-order valence-electron chi connectivity index (χ3n) is 3.18. The minimum absolute atomic E-state index is 0.572.